The average Bonchev–Trinajstić information content (AvgIpc) is 2.47. The topological polar surface area (TPSA) is 79.0 Å². The fourth-order valence-electron chi connectivity index (χ4n) is 1.97. The molecule has 0 spiro atoms. The zero-order chi connectivity index (χ0) is 15.4. The second-order valence-corrected chi connectivity index (χ2v) is 4.96. The van der Waals surface area contributed by atoms with Gasteiger partial charge in [-0.15, -0.1) is 0 Å². The first kappa shape index (κ1) is 14.8. The molecule has 2 aromatic carbocycles. The second kappa shape index (κ2) is 6.25. The molecule has 21 heavy (non-hydrogen) atoms. The molecular weight excluding hydrogens is 290 g/mol. The number of hydrogen-bond donors (Lipinski definition) is 1. The first-order valence-corrected chi connectivity index (χ1v) is 6.59. The smallest absolute Gasteiger partial charge is 0.293 e. The molecular formula is C15H12ClN3O2. The van der Waals surface area contributed by atoms with E-state index in [2.05, 4.69) is 5.32 Å². The van der Waals surface area contributed by atoms with Crippen molar-refractivity contribution in [3.63, 3.8) is 0 Å². The molecule has 1 atom stereocenters. The Morgan fingerprint density at radius 3 is 2.71 bits per heavy atom. The Morgan fingerprint density at radius 1 is 1.33 bits per heavy atom. The summed E-state index contributed by atoms with van der Waals surface area (Å²) in [5.74, 6) is 0. The molecule has 0 amide bonds. The van der Waals surface area contributed by atoms with Crippen LogP contribution in [0, 0.1) is 21.4 Å². The van der Waals surface area contributed by atoms with Crippen molar-refractivity contribution >= 4 is 23.0 Å². The minimum Gasteiger partial charge on any atom is -0.373 e. The van der Waals surface area contributed by atoms with E-state index in [1.54, 1.807) is 18.2 Å². The average molecular weight is 302 g/mol. The number of nitrogens with zero attached hydrogens (tertiary/aromatic N) is 2. The van der Waals surface area contributed by atoms with Crippen LogP contribution >= 0.6 is 11.6 Å². The number of rotatable bonds is 4. The van der Waals surface area contributed by atoms with Crippen molar-refractivity contribution < 1.29 is 4.92 Å². The molecule has 6 heteroatoms. The first-order valence-electron chi connectivity index (χ1n) is 6.22. The fraction of sp³-hybridized carbons (Fsp3) is 0.133. The third-order valence-electron chi connectivity index (χ3n) is 3.04. The zero-order valence-electron chi connectivity index (χ0n) is 11.2. The molecule has 0 fully saturated rings. The van der Waals surface area contributed by atoms with Gasteiger partial charge in [0, 0.05) is 17.1 Å². The molecule has 1 N–H and O–H groups in total. The van der Waals surface area contributed by atoms with Gasteiger partial charge in [0.1, 0.15) is 5.69 Å². The SMILES string of the molecule is CC(Nc1ccc(C#N)cc1[N+](=O)[O-])c1cccc(Cl)c1. The second-order valence-electron chi connectivity index (χ2n) is 4.52. The lowest BCUT2D eigenvalue weighted by atomic mass is 10.1. The molecule has 2 aromatic rings. The Balaban J connectivity index is 2.31. The molecule has 0 saturated heterocycles. The Kier molecular flexibility index (Phi) is 4.41. The van der Waals surface area contributed by atoms with Gasteiger partial charge < -0.3 is 5.32 Å². The molecule has 0 heterocycles. The number of hydrogen-bond acceptors (Lipinski definition) is 4. The highest BCUT2D eigenvalue weighted by Gasteiger charge is 2.17. The van der Waals surface area contributed by atoms with Gasteiger partial charge >= 0.3 is 0 Å². The van der Waals surface area contributed by atoms with Crippen LogP contribution in [-0.2, 0) is 0 Å². The summed E-state index contributed by atoms with van der Waals surface area (Å²) < 4.78 is 0. The van der Waals surface area contributed by atoms with E-state index in [0.29, 0.717) is 10.7 Å². The summed E-state index contributed by atoms with van der Waals surface area (Å²) >= 11 is 5.94. The number of anilines is 1. The van der Waals surface area contributed by atoms with E-state index in [1.807, 2.05) is 25.1 Å². The highest BCUT2D eigenvalue weighted by molar-refractivity contribution is 6.30. The van der Waals surface area contributed by atoms with Crippen LogP contribution in [-0.4, -0.2) is 4.92 Å². The zero-order valence-corrected chi connectivity index (χ0v) is 12.0. The molecule has 0 radical (unpaired) electrons. The monoisotopic (exact) mass is 301 g/mol. The van der Waals surface area contributed by atoms with Crippen molar-refractivity contribution in [3.8, 4) is 6.07 Å². The molecule has 0 aliphatic carbocycles. The largest absolute Gasteiger partial charge is 0.373 e. The number of nitriles is 1. The van der Waals surface area contributed by atoms with Crippen molar-refractivity contribution in [1.29, 1.82) is 5.26 Å². The van der Waals surface area contributed by atoms with E-state index in [-0.39, 0.29) is 17.3 Å². The van der Waals surface area contributed by atoms with Crippen LogP contribution in [0.2, 0.25) is 5.02 Å². The minimum absolute atomic E-state index is 0.122. The number of halogens is 1. The molecule has 0 bridgehead atoms. The van der Waals surface area contributed by atoms with Crippen LogP contribution in [0.25, 0.3) is 0 Å². The Morgan fingerprint density at radius 2 is 2.10 bits per heavy atom. The highest BCUT2D eigenvalue weighted by atomic mass is 35.5. The summed E-state index contributed by atoms with van der Waals surface area (Å²) in [6.45, 7) is 1.88. The number of nitro benzene ring substituents is 1. The van der Waals surface area contributed by atoms with E-state index >= 15 is 0 Å². The van der Waals surface area contributed by atoms with Crippen LogP contribution < -0.4 is 5.32 Å². The summed E-state index contributed by atoms with van der Waals surface area (Å²) in [6.07, 6.45) is 0. The van der Waals surface area contributed by atoms with Crippen molar-refractivity contribution in [2.45, 2.75) is 13.0 Å². The third kappa shape index (κ3) is 3.50. The Bertz CT molecular complexity index is 725. The van der Waals surface area contributed by atoms with E-state index in [9.17, 15) is 10.1 Å². The third-order valence-corrected chi connectivity index (χ3v) is 3.28. The van der Waals surface area contributed by atoms with Crippen LogP contribution in [0.1, 0.15) is 24.1 Å². The summed E-state index contributed by atoms with van der Waals surface area (Å²) in [6, 6.07) is 13.3. The molecule has 0 aliphatic heterocycles. The van der Waals surface area contributed by atoms with E-state index < -0.39 is 4.92 Å². The van der Waals surface area contributed by atoms with Gasteiger partial charge in [-0.05, 0) is 36.8 Å². The number of nitro groups is 1. The van der Waals surface area contributed by atoms with Crippen molar-refractivity contribution in [2.75, 3.05) is 5.32 Å². The van der Waals surface area contributed by atoms with Gasteiger partial charge in [0.2, 0.25) is 0 Å². The van der Waals surface area contributed by atoms with Gasteiger partial charge in [0.25, 0.3) is 5.69 Å². The molecule has 0 aliphatic rings. The Hall–Kier alpha value is -2.58. The van der Waals surface area contributed by atoms with Crippen molar-refractivity contribution in [3.05, 3.63) is 68.7 Å². The lowest BCUT2D eigenvalue weighted by Crippen LogP contribution is -2.08. The van der Waals surface area contributed by atoms with Crippen LogP contribution in [0.5, 0.6) is 0 Å². The predicted molar refractivity (Wildman–Crippen MR) is 81.3 cm³/mol. The van der Waals surface area contributed by atoms with Crippen LogP contribution in [0.3, 0.4) is 0 Å². The highest BCUT2D eigenvalue weighted by Crippen LogP contribution is 2.29. The molecule has 1 unspecified atom stereocenters. The number of nitrogens with one attached hydrogen (secondary N) is 1. The van der Waals surface area contributed by atoms with Crippen LogP contribution in [0.15, 0.2) is 42.5 Å². The lowest BCUT2D eigenvalue weighted by Gasteiger charge is -2.16. The van der Waals surface area contributed by atoms with Gasteiger partial charge in [0.05, 0.1) is 16.6 Å². The van der Waals surface area contributed by atoms with Gasteiger partial charge in [-0.3, -0.25) is 10.1 Å². The summed E-state index contributed by atoms with van der Waals surface area (Å²) in [7, 11) is 0. The molecule has 106 valence electrons. The molecule has 0 saturated carbocycles. The van der Waals surface area contributed by atoms with E-state index in [1.165, 1.54) is 12.1 Å². The first-order chi connectivity index (χ1) is 10.0. The van der Waals surface area contributed by atoms with E-state index in [4.69, 9.17) is 16.9 Å². The van der Waals surface area contributed by atoms with E-state index in [0.717, 1.165) is 5.56 Å². The molecule has 0 aromatic heterocycles. The predicted octanol–water partition coefficient (Wildman–Crippen LogP) is 4.29. The van der Waals surface area contributed by atoms with Gasteiger partial charge in [-0.2, -0.15) is 5.26 Å². The molecule has 2 rings (SSSR count). The van der Waals surface area contributed by atoms with Crippen LogP contribution in [0.4, 0.5) is 11.4 Å². The summed E-state index contributed by atoms with van der Waals surface area (Å²) in [5, 5.41) is 23.6. The minimum atomic E-state index is -0.506. The van der Waals surface area contributed by atoms with Gasteiger partial charge in [-0.1, -0.05) is 23.7 Å². The molecule has 5 nitrogen and oxygen atoms in total. The van der Waals surface area contributed by atoms with Crippen molar-refractivity contribution in [2.24, 2.45) is 0 Å². The summed E-state index contributed by atoms with van der Waals surface area (Å²) in [5.41, 5.74) is 1.42. The lowest BCUT2D eigenvalue weighted by molar-refractivity contribution is -0.384. The standard InChI is InChI=1S/C15H12ClN3O2/c1-10(12-3-2-4-13(16)8-12)18-14-6-5-11(9-17)7-15(14)19(20)21/h2-8,10,18H,1H3. The van der Waals surface area contributed by atoms with Gasteiger partial charge in [0.15, 0.2) is 0 Å². The van der Waals surface area contributed by atoms with Gasteiger partial charge in [-0.25, -0.2) is 0 Å². The summed E-state index contributed by atoms with van der Waals surface area (Å²) in [4.78, 5) is 10.6. The Labute approximate surface area is 126 Å². The fourth-order valence-corrected chi connectivity index (χ4v) is 2.17. The number of benzene rings is 2. The quantitative estimate of drug-likeness (QED) is 0.674. The maximum absolute atomic E-state index is 11.1. The maximum atomic E-state index is 11.1. The normalized spacial score (nSPS) is 11.5. The van der Waals surface area contributed by atoms with Crippen molar-refractivity contribution in [1.82, 2.24) is 0 Å². The maximum Gasteiger partial charge on any atom is 0.293 e.